The Morgan fingerprint density at radius 2 is 2.05 bits per heavy atom. The molecular formula is C15H20FN3O. The second kappa shape index (κ2) is 5.40. The molecule has 1 saturated heterocycles. The summed E-state index contributed by atoms with van der Waals surface area (Å²) in [6, 6.07) is 5.50. The van der Waals surface area contributed by atoms with E-state index in [2.05, 4.69) is 4.90 Å². The number of nitrogens with two attached hydrogens (primary N) is 1. The Kier molecular flexibility index (Phi) is 3.61. The Balaban J connectivity index is 1.92. The van der Waals surface area contributed by atoms with Gasteiger partial charge in [0.25, 0.3) is 5.91 Å². The second-order valence-electron chi connectivity index (χ2n) is 5.52. The summed E-state index contributed by atoms with van der Waals surface area (Å²) in [6.07, 6.45) is 2.40. The molecule has 1 atom stereocenters. The summed E-state index contributed by atoms with van der Waals surface area (Å²) in [5.41, 5.74) is 7.96. The van der Waals surface area contributed by atoms with Gasteiger partial charge >= 0.3 is 0 Å². The average molecular weight is 277 g/mol. The van der Waals surface area contributed by atoms with Crippen LogP contribution in [0.5, 0.6) is 0 Å². The van der Waals surface area contributed by atoms with E-state index in [1.165, 1.54) is 12.8 Å². The second-order valence-corrected chi connectivity index (χ2v) is 5.52. The molecule has 4 nitrogen and oxygen atoms in total. The topological polar surface area (TPSA) is 49.6 Å². The smallest absolute Gasteiger partial charge is 0.256 e. The zero-order valence-electron chi connectivity index (χ0n) is 11.5. The number of nitrogens with zero attached hydrogens (tertiary/aromatic N) is 2. The van der Waals surface area contributed by atoms with Gasteiger partial charge in [-0.25, -0.2) is 4.39 Å². The number of nitrogen functional groups attached to an aromatic ring is 1. The highest BCUT2D eigenvalue weighted by Gasteiger charge is 2.38. The summed E-state index contributed by atoms with van der Waals surface area (Å²) in [5.74, 6) is -0.125. The van der Waals surface area contributed by atoms with Crippen LogP contribution in [0, 0.1) is 0 Å². The Morgan fingerprint density at radius 1 is 1.30 bits per heavy atom. The zero-order valence-corrected chi connectivity index (χ0v) is 11.5. The first-order chi connectivity index (χ1) is 9.72. The van der Waals surface area contributed by atoms with Gasteiger partial charge in [0.05, 0.1) is 18.2 Å². The predicted octanol–water partition coefficient (Wildman–Crippen LogP) is 1.83. The van der Waals surface area contributed by atoms with Crippen molar-refractivity contribution >= 4 is 11.6 Å². The van der Waals surface area contributed by atoms with Crippen LogP contribution in [-0.4, -0.2) is 48.6 Å². The van der Waals surface area contributed by atoms with Crippen molar-refractivity contribution in [3.05, 3.63) is 29.3 Å². The van der Waals surface area contributed by atoms with E-state index in [1.807, 2.05) is 12.1 Å². The molecule has 1 fully saturated rings. The number of fused-ring (bicyclic) bond motifs is 1. The lowest BCUT2D eigenvalue weighted by Crippen LogP contribution is -2.37. The van der Waals surface area contributed by atoms with Gasteiger partial charge in [0, 0.05) is 12.2 Å². The third kappa shape index (κ3) is 2.16. The maximum atomic E-state index is 12.8. The number of hydrogen-bond acceptors (Lipinski definition) is 3. The number of anilines is 1. The van der Waals surface area contributed by atoms with Crippen molar-refractivity contribution in [2.75, 3.05) is 38.6 Å². The van der Waals surface area contributed by atoms with Gasteiger partial charge in [-0.3, -0.25) is 4.79 Å². The van der Waals surface area contributed by atoms with Crippen molar-refractivity contribution < 1.29 is 9.18 Å². The number of rotatable bonds is 4. The fraction of sp³-hybridized carbons (Fsp3) is 0.533. The molecule has 2 N–H and O–H groups in total. The van der Waals surface area contributed by atoms with Crippen LogP contribution in [0.2, 0.25) is 0 Å². The molecule has 0 radical (unpaired) electrons. The van der Waals surface area contributed by atoms with Gasteiger partial charge in [0.2, 0.25) is 0 Å². The quantitative estimate of drug-likeness (QED) is 0.854. The lowest BCUT2D eigenvalue weighted by molar-refractivity contribution is 0.0678. The lowest BCUT2D eigenvalue weighted by atomic mass is 10.0. The molecule has 108 valence electrons. The van der Waals surface area contributed by atoms with Crippen LogP contribution in [0.15, 0.2) is 18.2 Å². The fourth-order valence-electron chi connectivity index (χ4n) is 3.32. The van der Waals surface area contributed by atoms with Crippen LogP contribution >= 0.6 is 0 Å². The predicted molar refractivity (Wildman–Crippen MR) is 76.3 cm³/mol. The molecule has 1 amide bonds. The van der Waals surface area contributed by atoms with E-state index in [0.717, 1.165) is 25.2 Å². The van der Waals surface area contributed by atoms with E-state index < -0.39 is 6.67 Å². The highest BCUT2D eigenvalue weighted by atomic mass is 19.1. The summed E-state index contributed by atoms with van der Waals surface area (Å²) >= 11 is 0. The maximum absolute atomic E-state index is 12.8. The summed E-state index contributed by atoms with van der Waals surface area (Å²) in [4.78, 5) is 16.4. The third-order valence-electron chi connectivity index (χ3n) is 4.29. The Labute approximate surface area is 118 Å². The standard InChI is InChI=1S/C15H20FN3O/c16-6-9-19-13(10-18-7-1-2-8-18)11-4-3-5-12(17)14(11)15(19)20/h3-5,13H,1-2,6-10,17H2. The van der Waals surface area contributed by atoms with Crippen LogP contribution in [0.1, 0.15) is 34.8 Å². The van der Waals surface area contributed by atoms with Crippen molar-refractivity contribution in [3.63, 3.8) is 0 Å². The summed E-state index contributed by atoms with van der Waals surface area (Å²) in [7, 11) is 0. The highest BCUT2D eigenvalue weighted by Crippen LogP contribution is 2.37. The van der Waals surface area contributed by atoms with E-state index in [-0.39, 0.29) is 18.5 Å². The Bertz CT molecular complexity index is 514. The van der Waals surface area contributed by atoms with Gasteiger partial charge < -0.3 is 15.5 Å². The maximum Gasteiger partial charge on any atom is 0.256 e. The van der Waals surface area contributed by atoms with Gasteiger partial charge in [-0.05, 0) is 37.6 Å². The number of alkyl halides is 1. The minimum Gasteiger partial charge on any atom is -0.398 e. The van der Waals surface area contributed by atoms with E-state index in [9.17, 15) is 9.18 Å². The molecule has 20 heavy (non-hydrogen) atoms. The largest absolute Gasteiger partial charge is 0.398 e. The Hall–Kier alpha value is -1.62. The first kappa shape index (κ1) is 13.4. The van der Waals surface area contributed by atoms with E-state index in [4.69, 9.17) is 5.73 Å². The number of carbonyl (C=O) groups excluding carboxylic acids is 1. The SMILES string of the molecule is Nc1cccc2c1C(=O)N(CCF)C2CN1CCCC1. The first-order valence-electron chi connectivity index (χ1n) is 7.20. The van der Waals surface area contributed by atoms with Crippen molar-refractivity contribution in [2.24, 2.45) is 0 Å². The molecule has 1 aromatic rings. The molecule has 5 heteroatoms. The Morgan fingerprint density at radius 3 is 2.75 bits per heavy atom. The molecule has 2 aliphatic rings. The summed E-state index contributed by atoms with van der Waals surface area (Å²) in [6.45, 7) is 2.53. The minimum atomic E-state index is -0.518. The van der Waals surface area contributed by atoms with Gasteiger partial charge in [0.15, 0.2) is 0 Å². The summed E-state index contributed by atoms with van der Waals surface area (Å²) in [5, 5.41) is 0. The van der Waals surface area contributed by atoms with Crippen molar-refractivity contribution in [2.45, 2.75) is 18.9 Å². The van der Waals surface area contributed by atoms with Gasteiger partial charge in [-0.1, -0.05) is 12.1 Å². The molecule has 0 saturated carbocycles. The minimum absolute atomic E-state index is 0.0603. The number of benzene rings is 1. The average Bonchev–Trinajstić information content (AvgIpc) is 3.02. The van der Waals surface area contributed by atoms with Gasteiger partial charge in [-0.2, -0.15) is 0 Å². The molecule has 2 heterocycles. The zero-order chi connectivity index (χ0) is 14.1. The van der Waals surface area contributed by atoms with Crippen LogP contribution in [0.4, 0.5) is 10.1 Å². The van der Waals surface area contributed by atoms with E-state index >= 15 is 0 Å². The van der Waals surface area contributed by atoms with Crippen molar-refractivity contribution in [1.82, 2.24) is 9.80 Å². The van der Waals surface area contributed by atoms with Crippen LogP contribution < -0.4 is 5.73 Å². The van der Waals surface area contributed by atoms with E-state index in [1.54, 1.807) is 11.0 Å². The molecule has 0 aromatic heterocycles. The fourth-order valence-corrected chi connectivity index (χ4v) is 3.32. The molecule has 0 aliphatic carbocycles. The van der Waals surface area contributed by atoms with Crippen molar-refractivity contribution in [3.8, 4) is 0 Å². The highest BCUT2D eigenvalue weighted by molar-refractivity contribution is 6.03. The van der Waals surface area contributed by atoms with Crippen molar-refractivity contribution in [1.29, 1.82) is 0 Å². The van der Waals surface area contributed by atoms with Crippen LogP contribution in [0.3, 0.4) is 0 Å². The molecule has 0 bridgehead atoms. The number of amides is 1. The van der Waals surface area contributed by atoms with E-state index in [0.29, 0.717) is 11.3 Å². The first-order valence-corrected chi connectivity index (χ1v) is 7.20. The number of likely N-dealkylation sites (tertiary alicyclic amines) is 1. The molecule has 1 aromatic carbocycles. The molecular weight excluding hydrogens is 257 g/mol. The molecule has 1 unspecified atom stereocenters. The number of halogens is 1. The molecule has 0 spiro atoms. The molecule has 3 rings (SSSR count). The normalized spacial score (nSPS) is 22.6. The lowest BCUT2D eigenvalue weighted by Gasteiger charge is -2.28. The number of hydrogen-bond donors (Lipinski definition) is 1. The van der Waals surface area contributed by atoms with Gasteiger partial charge in [0.1, 0.15) is 6.67 Å². The van der Waals surface area contributed by atoms with Crippen LogP contribution in [0.25, 0.3) is 0 Å². The molecule has 2 aliphatic heterocycles. The summed E-state index contributed by atoms with van der Waals surface area (Å²) < 4.78 is 12.8. The monoisotopic (exact) mass is 277 g/mol. The van der Waals surface area contributed by atoms with Gasteiger partial charge in [-0.15, -0.1) is 0 Å². The van der Waals surface area contributed by atoms with Crippen LogP contribution in [-0.2, 0) is 0 Å². The third-order valence-corrected chi connectivity index (χ3v) is 4.29. The number of carbonyl (C=O) groups is 1.